The summed E-state index contributed by atoms with van der Waals surface area (Å²) in [4.78, 5) is 42.4. The highest BCUT2D eigenvalue weighted by Crippen LogP contribution is 2.25. The normalized spacial score (nSPS) is 16.6. The fourth-order valence-corrected chi connectivity index (χ4v) is 3.73. The van der Waals surface area contributed by atoms with E-state index in [1.165, 1.54) is 0 Å². The molecule has 1 aliphatic rings. The molecule has 0 bridgehead atoms. The monoisotopic (exact) mass is 395 g/mol. The number of hydrogen-bond donors (Lipinski definition) is 2. The highest BCUT2D eigenvalue weighted by molar-refractivity contribution is 6.45. The number of ketones is 1. The van der Waals surface area contributed by atoms with Crippen LogP contribution >= 0.6 is 11.6 Å². The van der Waals surface area contributed by atoms with E-state index in [2.05, 4.69) is 10.3 Å². The number of rotatable bonds is 4. The van der Waals surface area contributed by atoms with Crippen LogP contribution in [0.15, 0.2) is 48.5 Å². The number of amides is 2. The summed E-state index contributed by atoms with van der Waals surface area (Å²) >= 11 is 5.89. The molecule has 4 rings (SSSR count). The van der Waals surface area contributed by atoms with Gasteiger partial charge in [-0.15, -0.1) is 0 Å². The van der Waals surface area contributed by atoms with Crippen LogP contribution in [0.5, 0.6) is 0 Å². The summed E-state index contributed by atoms with van der Waals surface area (Å²) in [5, 5.41) is 4.01. The van der Waals surface area contributed by atoms with Crippen LogP contribution < -0.4 is 10.2 Å². The predicted octanol–water partition coefficient (Wildman–Crippen LogP) is 3.23. The number of aromatic nitrogens is 1. The number of nitrogens with one attached hydrogen (secondary N) is 2. The van der Waals surface area contributed by atoms with Crippen LogP contribution in [-0.4, -0.2) is 35.2 Å². The topological polar surface area (TPSA) is 82.3 Å². The summed E-state index contributed by atoms with van der Waals surface area (Å²) in [5.74, 6) is -1.42. The summed E-state index contributed by atoms with van der Waals surface area (Å²) in [6.07, 6.45) is 0.147. The van der Waals surface area contributed by atoms with Gasteiger partial charge in [-0.3, -0.25) is 14.4 Å². The molecule has 1 aliphatic heterocycles. The van der Waals surface area contributed by atoms with E-state index < -0.39 is 17.7 Å². The molecule has 1 aromatic heterocycles. The Morgan fingerprint density at radius 1 is 1.14 bits per heavy atom. The van der Waals surface area contributed by atoms with Crippen molar-refractivity contribution in [2.45, 2.75) is 19.4 Å². The van der Waals surface area contributed by atoms with E-state index in [4.69, 9.17) is 11.6 Å². The standard InChI is InChI=1S/C21H18ClN3O3/c1-12-19(16-4-2-3-5-17(16)23-12)20(27)21(28)24-14-10-18(26)25(11-14)15-8-6-13(22)7-9-15/h2-9,14,23H,10-11H2,1H3,(H,24,28). The second-order valence-electron chi connectivity index (χ2n) is 6.85. The van der Waals surface area contributed by atoms with Gasteiger partial charge in [0.25, 0.3) is 11.7 Å². The molecule has 1 unspecified atom stereocenters. The molecular formula is C21H18ClN3O3. The lowest BCUT2D eigenvalue weighted by Crippen LogP contribution is -2.41. The molecule has 3 aromatic rings. The molecule has 6 nitrogen and oxygen atoms in total. The third-order valence-electron chi connectivity index (χ3n) is 4.93. The molecule has 1 atom stereocenters. The first-order valence-electron chi connectivity index (χ1n) is 8.92. The molecule has 1 saturated heterocycles. The SMILES string of the molecule is Cc1[nH]c2ccccc2c1C(=O)C(=O)NC1CC(=O)N(c2ccc(Cl)cc2)C1. The summed E-state index contributed by atoms with van der Waals surface area (Å²) in [7, 11) is 0. The number of halogens is 1. The van der Waals surface area contributed by atoms with Crippen molar-refractivity contribution in [3.63, 3.8) is 0 Å². The summed E-state index contributed by atoms with van der Waals surface area (Å²) in [6, 6.07) is 13.8. The Labute approximate surface area is 166 Å². The maximum atomic E-state index is 12.8. The molecule has 7 heteroatoms. The fourth-order valence-electron chi connectivity index (χ4n) is 3.61. The molecule has 2 amide bonds. The average molecular weight is 396 g/mol. The number of aryl methyl sites for hydroxylation is 1. The van der Waals surface area contributed by atoms with Crippen molar-refractivity contribution >= 4 is 45.8 Å². The molecule has 0 radical (unpaired) electrons. The zero-order valence-electron chi connectivity index (χ0n) is 15.2. The van der Waals surface area contributed by atoms with Gasteiger partial charge in [-0.05, 0) is 37.3 Å². The number of Topliss-reactive ketones (excluding diaryl/α,β-unsaturated/α-hetero) is 1. The van der Waals surface area contributed by atoms with Gasteiger partial charge in [-0.2, -0.15) is 0 Å². The van der Waals surface area contributed by atoms with Gasteiger partial charge in [0.1, 0.15) is 0 Å². The number of carbonyl (C=O) groups excluding carboxylic acids is 3. The first-order chi connectivity index (χ1) is 13.4. The summed E-state index contributed by atoms with van der Waals surface area (Å²) < 4.78 is 0. The molecule has 0 spiro atoms. The smallest absolute Gasteiger partial charge is 0.292 e. The van der Waals surface area contributed by atoms with Gasteiger partial charge in [0.2, 0.25) is 5.91 Å². The van der Waals surface area contributed by atoms with E-state index >= 15 is 0 Å². The van der Waals surface area contributed by atoms with Gasteiger partial charge >= 0.3 is 0 Å². The second-order valence-corrected chi connectivity index (χ2v) is 7.29. The second kappa shape index (κ2) is 7.13. The van der Waals surface area contributed by atoms with Crippen molar-refractivity contribution in [2.24, 2.45) is 0 Å². The van der Waals surface area contributed by atoms with E-state index in [0.29, 0.717) is 33.9 Å². The van der Waals surface area contributed by atoms with Crippen molar-refractivity contribution in [1.82, 2.24) is 10.3 Å². The molecule has 2 aromatic carbocycles. The molecule has 28 heavy (non-hydrogen) atoms. The van der Waals surface area contributed by atoms with Crippen molar-refractivity contribution in [3.8, 4) is 0 Å². The van der Waals surface area contributed by atoms with E-state index in [0.717, 1.165) is 5.52 Å². The first kappa shape index (κ1) is 18.3. The van der Waals surface area contributed by atoms with Crippen LogP contribution in [0.4, 0.5) is 5.69 Å². The number of benzene rings is 2. The van der Waals surface area contributed by atoms with Gasteiger partial charge in [0.05, 0.1) is 11.6 Å². The van der Waals surface area contributed by atoms with Crippen LogP contribution in [0.2, 0.25) is 5.02 Å². The quantitative estimate of drug-likeness (QED) is 0.525. The van der Waals surface area contributed by atoms with Gasteiger partial charge in [-0.1, -0.05) is 29.8 Å². The van der Waals surface area contributed by atoms with Crippen LogP contribution in [-0.2, 0) is 9.59 Å². The number of aromatic amines is 1. The molecule has 1 fully saturated rings. The largest absolute Gasteiger partial charge is 0.358 e. The highest BCUT2D eigenvalue weighted by atomic mass is 35.5. The van der Waals surface area contributed by atoms with Gasteiger partial charge in [-0.25, -0.2) is 0 Å². The van der Waals surface area contributed by atoms with Crippen LogP contribution in [0.25, 0.3) is 10.9 Å². The van der Waals surface area contributed by atoms with Crippen LogP contribution in [0.3, 0.4) is 0 Å². The Hall–Kier alpha value is -3.12. The lowest BCUT2D eigenvalue weighted by atomic mass is 10.1. The minimum atomic E-state index is -0.705. The van der Waals surface area contributed by atoms with Crippen molar-refractivity contribution in [3.05, 3.63) is 64.8 Å². The molecule has 0 saturated carbocycles. The summed E-state index contributed by atoms with van der Waals surface area (Å²) in [6.45, 7) is 2.08. The van der Waals surface area contributed by atoms with Crippen molar-refractivity contribution in [1.29, 1.82) is 0 Å². The average Bonchev–Trinajstić information content (AvgIpc) is 3.20. The number of carbonyl (C=O) groups is 3. The minimum absolute atomic E-state index is 0.108. The van der Waals surface area contributed by atoms with Crippen LogP contribution in [0, 0.1) is 6.92 Å². The highest BCUT2D eigenvalue weighted by Gasteiger charge is 2.33. The Balaban J connectivity index is 1.49. The molecule has 142 valence electrons. The summed E-state index contributed by atoms with van der Waals surface area (Å²) in [5.41, 5.74) is 2.53. The molecule has 0 aliphatic carbocycles. The Bertz CT molecular complexity index is 1090. The molecule has 2 heterocycles. The van der Waals surface area contributed by atoms with E-state index in [9.17, 15) is 14.4 Å². The first-order valence-corrected chi connectivity index (χ1v) is 9.30. The van der Waals surface area contributed by atoms with Gasteiger partial charge in [0, 0.05) is 40.3 Å². The third-order valence-corrected chi connectivity index (χ3v) is 5.18. The van der Waals surface area contributed by atoms with Gasteiger partial charge < -0.3 is 15.2 Å². The predicted molar refractivity (Wildman–Crippen MR) is 108 cm³/mol. The number of nitrogens with zero attached hydrogens (tertiary/aromatic N) is 1. The number of H-pyrrole nitrogens is 1. The van der Waals surface area contributed by atoms with Gasteiger partial charge in [0.15, 0.2) is 0 Å². The van der Waals surface area contributed by atoms with Crippen molar-refractivity contribution < 1.29 is 14.4 Å². The number of anilines is 1. The maximum Gasteiger partial charge on any atom is 0.292 e. The lowest BCUT2D eigenvalue weighted by Gasteiger charge is -2.17. The zero-order chi connectivity index (χ0) is 19.8. The van der Waals surface area contributed by atoms with E-state index in [1.54, 1.807) is 42.2 Å². The fraction of sp³-hybridized carbons (Fsp3) is 0.190. The lowest BCUT2D eigenvalue weighted by molar-refractivity contribution is -0.118. The van der Waals surface area contributed by atoms with E-state index in [-0.39, 0.29) is 12.3 Å². The zero-order valence-corrected chi connectivity index (χ0v) is 15.9. The molecular weight excluding hydrogens is 378 g/mol. The molecule has 2 N–H and O–H groups in total. The minimum Gasteiger partial charge on any atom is -0.358 e. The third kappa shape index (κ3) is 3.27. The number of fused-ring (bicyclic) bond motifs is 1. The Kier molecular flexibility index (Phi) is 4.65. The van der Waals surface area contributed by atoms with Crippen LogP contribution in [0.1, 0.15) is 22.5 Å². The Morgan fingerprint density at radius 3 is 2.61 bits per heavy atom. The van der Waals surface area contributed by atoms with E-state index in [1.807, 2.05) is 18.2 Å². The number of para-hydroxylation sites is 1. The Morgan fingerprint density at radius 2 is 1.86 bits per heavy atom. The van der Waals surface area contributed by atoms with Crippen molar-refractivity contribution in [2.75, 3.05) is 11.4 Å². The number of hydrogen-bond acceptors (Lipinski definition) is 3. The maximum absolute atomic E-state index is 12.8.